The Kier molecular flexibility index (Phi) is 8.68. The molecule has 0 aromatic heterocycles. The molecule has 0 saturated carbocycles. The molecule has 0 amide bonds. The normalized spacial score (nSPS) is 12.6. The fraction of sp³-hybridized carbons (Fsp3) is 0.625. The van der Waals surface area contributed by atoms with Crippen LogP contribution in [0.15, 0.2) is 24.3 Å². The van der Waals surface area contributed by atoms with Crippen molar-refractivity contribution in [2.75, 3.05) is 0 Å². The lowest BCUT2D eigenvalue weighted by Crippen LogP contribution is -1.97. The van der Waals surface area contributed by atoms with Gasteiger partial charge in [0.15, 0.2) is 0 Å². The molecule has 0 radical (unpaired) electrons. The van der Waals surface area contributed by atoms with Crippen LogP contribution in [-0.2, 0) is 0 Å². The topological polar surface area (TPSA) is 20.2 Å². The van der Waals surface area contributed by atoms with E-state index in [2.05, 4.69) is 41.6 Å². The van der Waals surface area contributed by atoms with Gasteiger partial charge in [0.05, 0.1) is 6.10 Å². The summed E-state index contributed by atoms with van der Waals surface area (Å²) in [4.78, 5) is 0. The third kappa shape index (κ3) is 6.74. The summed E-state index contributed by atoms with van der Waals surface area (Å²) < 4.78 is 1.20. The molecule has 102 valence electrons. The van der Waals surface area contributed by atoms with Crippen LogP contribution in [-0.4, -0.2) is 5.11 Å². The highest BCUT2D eigenvalue weighted by molar-refractivity contribution is 14.1. The smallest absolute Gasteiger partial charge is 0.0790 e. The van der Waals surface area contributed by atoms with E-state index in [0.717, 1.165) is 18.4 Å². The fourth-order valence-electron chi connectivity index (χ4n) is 2.18. The minimum Gasteiger partial charge on any atom is -0.388 e. The number of hydrogen-bond acceptors (Lipinski definition) is 1. The molecule has 0 saturated heterocycles. The van der Waals surface area contributed by atoms with Crippen molar-refractivity contribution < 1.29 is 5.11 Å². The van der Waals surface area contributed by atoms with Crippen molar-refractivity contribution in [3.63, 3.8) is 0 Å². The summed E-state index contributed by atoms with van der Waals surface area (Å²) in [7, 11) is 0. The first-order chi connectivity index (χ1) is 8.74. The van der Waals surface area contributed by atoms with Gasteiger partial charge >= 0.3 is 0 Å². The predicted octanol–water partition coefficient (Wildman–Crippen LogP) is 5.47. The van der Waals surface area contributed by atoms with Crippen molar-refractivity contribution in [3.8, 4) is 0 Å². The molecular weight excluding hydrogens is 335 g/mol. The molecule has 2 heteroatoms. The molecule has 0 fully saturated rings. The van der Waals surface area contributed by atoms with Gasteiger partial charge in [0.25, 0.3) is 0 Å². The van der Waals surface area contributed by atoms with Gasteiger partial charge in [-0.1, -0.05) is 64.0 Å². The van der Waals surface area contributed by atoms with Crippen LogP contribution in [0.3, 0.4) is 0 Å². The Bertz CT molecular complexity index is 325. The summed E-state index contributed by atoms with van der Waals surface area (Å²) in [5, 5.41) is 10.1. The summed E-state index contributed by atoms with van der Waals surface area (Å²) in [5.41, 5.74) is 1.06. The lowest BCUT2D eigenvalue weighted by Gasteiger charge is -2.11. The summed E-state index contributed by atoms with van der Waals surface area (Å²) in [6, 6.07) is 8.18. The van der Waals surface area contributed by atoms with E-state index < -0.39 is 0 Å². The van der Waals surface area contributed by atoms with Crippen molar-refractivity contribution in [1.82, 2.24) is 0 Å². The van der Waals surface area contributed by atoms with E-state index in [4.69, 9.17) is 0 Å². The second-order valence-corrected chi connectivity index (χ2v) is 6.23. The maximum atomic E-state index is 10.1. The Hall–Kier alpha value is -0.0900. The molecule has 1 N–H and O–H groups in total. The fourth-order valence-corrected chi connectivity index (χ4v) is 2.74. The van der Waals surface area contributed by atoms with Gasteiger partial charge < -0.3 is 5.11 Å². The van der Waals surface area contributed by atoms with Crippen molar-refractivity contribution in [2.24, 2.45) is 0 Å². The minimum absolute atomic E-state index is 0.282. The van der Waals surface area contributed by atoms with Crippen LogP contribution in [0.25, 0.3) is 0 Å². The second-order valence-electron chi connectivity index (χ2n) is 4.98. The van der Waals surface area contributed by atoms with Gasteiger partial charge in [0.1, 0.15) is 0 Å². The van der Waals surface area contributed by atoms with Crippen LogP contribution < -0.4 is 0 Å². The van der Waals surface area contributed by atoms with Crippen LogP contribution in [0.1, 0.15) is 70.0 Å². The van der Waals surface area contributed by atoms with E-state index in [0.29, 0.717) is 0 Å². The lowest BCUT2D eigenvalue weighted by molar-refractivity contribution is 0.163. The number of benzene rings is 1. The molecule has 1 aromatic rings. The van der Waals surface area contributed by atoms with Crippen molar-refractivity contribution in [2.45, 2.75) is 64.4 Å². The van der Waals surface area contributed by atoms with Crippen molar-refractivity contribution in [3.05, 3.63) is 33.4 Å². The minimum atomic E-state index is -0.282. The molecule has 1 nitrogen and oxygen atoms in total. The van der Waals surface area contributed by atoms with Gasteiger partial charge in [-0.25, -0.2) is 0 Å². The third-order valence-electron chi connectivity index (χ3n) is 3.31. The molecule has 0 spiro atoms. The zero-order valence-electron chi connectivity index (χ0n) is 11.4. The zero-order chi connectivity index (χ0) is 13.2. The molecule has 18 heavy (non-hydrogen) atoms. The van der Waals surface area contributed by atoms with E-state index in [9.17, 15) is 5.11 Å². The molecule has 1 rings (SSSR count). The van der Waals surface area contributed by atoms with Gasteiger partial charge in [-0.2, -0.15) is 0 Å². The largest absolute Gasteiger partial charge is 0.388 e. The third-order valence-corrected chi connectivity index (χ3v) is 3.99. The van der Waals surface area contributed by atoms with Crippen LogP contribution >= 0.6 is 22.6 Å². The number of aliphatic hydroxyl groups excluding tert-OH is 1. The molecular formula is C16H25IO. The Labute approximate surface area is 125 Å². The van der Waals surface area contributed by atoms with Gasteiger partial charge in [-0.3, -0.25) is 0 Å². The second kappa shape index (κ2) is 9.79. The average molecular weight is 360 g/mol. The van der Waals surface area contributed by atoms with Gasteiger partial charge in [-0.15, -0.1) is 0 Å². The molecule has 0 heterocycles. The van der Waals surface area contributed by atoms with Gasteiger partial charge in [-0.05, 0) is 46.7 Å². The standard InChI is InChI=1S/C16H25IO/c1-2-3-4-5-6-7-8-12-16(18)14-10-9-11-15(17)13-14/h9-11,13,16,18H,2-8,12H2,1H3. The SMILES string of the molecule is CCCCCCCCCC(O)c1cccc(I)c1. The Balaban J connectivity index is 2.12. The zero-order valence-corrected chi connectivity index (χ0v) is 13.5. The quantitative estimate of drug-likeness (QED) is 0.458. The molecule has 1 aromatic carbocycles. The highest BCUT2D eigenvalue weighted by Gasteiger charge is 2.06. The lowest BCUT2D eigenvalue weighted by atomic mass is 10.0. The molecule has 1 atom stereocenters. The highest BCUT2D eigenvalue weighted by Crippen LogP contribution is 2.21. The van der Waals surface area contributed by atoms with Crippen LogP contribution in [0.2, 0.25) is 0 Å². The number of aliphatic hydroxyl groups is 1. The average Bonchev–Trinajstić information content (AvgIpc) is 2.37. The van der Waals surface area contributed by atoms with E-state index in [1.807, 2.05) is 12.1 Å². The number of unbranched alkanes of at least 4 members (excludes halogenated alkanes) is 6. The van der Waals surface area contributed by atoms with Crippen LogP contribution in [0.5, 0.6) is 0 Å². The summed E-state index contributed by atoms with van der Waals surface area (Å²) in [6.45, 7) is 2.25. The summed E-state index contributed by atoms with van der Waals surface area (Å²) >= 11 is 2.29. The maximum Gasteiger partial charge on any atom is 0.0790 e. The van der Waals surface area contributed by atoms with Crippen molar-refractivity contribution >= 4 is 22.6 Å². The predicted molar refractivity (Wildman–Crippen MR) is 86.7 cm³/mol. The molecule has 0 aliphatic carbocycles. The first-order valence-electron chi connectivity index (χ1n) is 7.17. The first kappa shape index (κ1) is 16.0. The monoisotopic (exact) mass is 360 g/mol. The van der Waals surface area contributed by atoms with Crippen LogP contribution in [0, 0.1) is 3.57 Å². The number of halogens is 1. The molecule has 0 bridgehead atoms. The Morgan fingerprint density at radius 3 is 2.39 bits per heavy atom. The Morgan fingerprint density at radius 1 is 1.06 bits per heavy atom. The Morgan fingerprint density at radius 2 is 1.72 bits per heavy atom. The first-order valence-corrected chi connectivity index (χ1v) is 8.25. The van der Waals surface area contributed by atoms with Gasteiger partial charge in [0.2, 0.25) is 0 Å². The van der Waals surface area contributed by atoms with E-state index in [-0.39, 0.29) is 6.10 Å². The summed E-state index contributed by atoms with van der Waals surface area (Å²) in [5.74, 6) is 0. The van der Waals surface area contributed by atoms with Gasteiger partial charge in [0, 0.05) is 3.57 Å². The van der Waals surface area contributed by atoms with Crippen molar-refractivity contribution in [1.29, 1.82) is 0 Å². The molecule has 1 unspecified atom stereocenters. The van der Waals surface area contributed by atoms with Crippen LogP contribution in [0.4, 0.5) is 0 Å². The van der Waals surface area contributed by atoms with E-state index in [1.54, 1.807) is 0 Å². The summed E-state index contributed by atoms with van der Waals surface area (Å²) in [6.07, 6.45) is 9.73. The molecule has 0 aliphatic rings. The van der Waals surface area contributed by atoms with E-state index in [1.165, 1.54) is 42.1 Å². The maximum absolute atomic E-state index is 10.1. The number of hydrogen-bond donors (Lipinski definition) is 1. The highest BCUT2D eigenvalue weighted by atomic mass is 127. The number of rotatable bonds is 9. The molecule has 0 aliphatic heterocycles. The van der Waals surface area contributed by atoms with E-state index >= 15 is 0 Å².